The third-order valence-electron chi connectivity index (χ3n) is 1.91. The fourth-order valence-corrected chi connectivity index (χ4v) is 1.31. The molecule has 1 unspecified atom stereocenters. The van der Waals surface area contributed by atoms with Crippen molar-refractivity contribution in [2.75, 3.05) is 0 Å². The molecule has 0 aromatic heterocycles. The summed E-state index contributed by atoms with van der Waals surface area (Å²) in [6.07, 6.45) is -7.82. The number of aliphatic hydroxyl groups is 5. The van der Waals surface area contributed by atoms with E-state index < -0.39 is 30.6 Å². The van der Waals surface area contributed by atoms with Crippen LogP contribution in [0.1, 0.15) is 0 Å². The smallest absolute Gasteiger partial charge is 0.153 e. The maximum Gasteiger partial charge on any atom is 0.153 e. The summed E-state index contributed by atoms with van der Waals surface area (Å²) in [6.45, 7) is 0. The van der Waals surface area contributed by atoms with Crippen molar-refractivity contribution in [1.29, 1.82) is 0 Å². The van der Waals surface area contributed by atoms with Crippen LogP contribution in [0.5, 0.6) is 0 Å². The lowest BCUT2D eigenvalue weighted by Gasteiger charge is -2.22. The quantitative estimate of drug-likeness (QED) is 0.231. The normalized spacial score (nSPS) is 46.8. The maximum atomic E-state index is 9.20. The van der Waals surface area contributed by atoms with Crippen LogP contribution in [0.4, 0.5) is 0 Å². The highest BCUT2D eigenvalue weighted by atomic mass is 32.1. The summed E-state index contributed by atoms with van der Waals surface area (Å²) in [5.74, 6) is 0. The predicted octanol–water partition coefficient (Wildman–Crippen LogP) is -3.32. The molecule has 6 nitrogen and oxygen atoms in total. The second-order valence-electron chi connectivity index (χ2n) is 2.87. The first-order chi connectivity index (χ1) is 5.95. The highest BCUT2D eigenvalue weighted by molar-refractivity contribution is 7.80. The molecule has 0 aliphatic carbocycles. The molecule has 1 heterocycles. The fraction of sp³-hybridized carbons (Fsp3) is 0.833. The van der Waals surface area contributed by atoms with Crippen LogP contribution in [-0.4, -0.2) is 61.2 Å². The van der Waals surface area contributed by atoms with Crippen LogP contribution < -0.4 is 5.32 Å². The van der Waals surface area contributed by atoms with Crippen molar-refractivity contribution in [2.24, 2.45) is 0 Å². The minimum Gasteiger partial charge on any atom is -0.387 e. The standard InChI is InChI=1S/C6H11NO5S/c8-1-2(9)4(11)6(13)7-5(12)3(1)10/h1-5,8-12H,(H,7,13)/t1-,2-,3-,4-,5?/m0/s1. The van der Waals surface area contributed by atoms with Crippen LogP contribution in [0.15, 0.2) is 0 Å². The molecule has 0 spiro atoms. The topological polar surface area (TPSA) is 113 Å². The van der Waals surface area contributed by atoms with E-state index in [0.717, 1.165) is 0 Å². The van der Waals surface area contributed by atoms with Crippen molar-refractivity contribution in [3.63, 3.8) is 0 Å². The van der Waals surface area contributed by atoms with Crippen LogP contribution in [0.25, 0.3) is 0 Å². The lowest BCUT2D eigenvalue weighted by molar-refractivity contribution is -0.116. The molecule has 0 radical (unpaired) electrons. The maximum absolute atomic E-state index is 9.20. The molecular formula is C6H11NO5S. The van der Waals surface area contributed by atoms with Gasteiger partial charge >= 0.3 is 0 Å². The molecule has 1 saturated heterocycles. The van der Waals surface area contributed by atoms with E-state index in [1.54, 1.807) is 0 Å². The molecule has 1 fully saturated rings. The SMILES string of the molecule is OC1NC(=S)[C@@H](O)[C@@H](O)[C@H](O)[C@@H]1O. The van der Waals surface area contributed by atoms with Crippen LogP contribution in [-0.2, 0) is 0 Å². The van der Waals surface area contributed by atoms with Gasteiger partial charge < -0.3 is 30.8 Å². The number of hydrogen-bond donors (Lipinski definition) is 6. The Kier molecular flexibility index (Phi) is 3.17. The van der Waals surface area contributed by atoms with Gasteiger partial charge in [-0.1, -0.05) is 12.2 Å². The zero-order valence-corrected chi connectivity index (χ0v) is 7.35. The summed E-state index contributed by atoms with van der Waals surface area (Å²) in [5, 5.41) is 48.0. The van der Waals surface area contributed by atoms with E-state index in [2.05, 4.69) is 17.5 Å². The van der Waals surface area contributed by atoms with Crippen molar-refractivity contribution >= 4 is 17.2 Å². The Bertz CT molecular complexity index is 213. The number of nitrogens with one attached hydrogen (secondary N) is 1. The molecule has 76 valence electrons. The Labute approximate surface area is 79.4 Å². The first kappa shape index (κ1) is 10.8. The van der Waals surface area contributed by atoms with E-state index >= 15 is 0 Å². The van der Waals surface area contributed by atoms with Gasteiger partial charge in [0.1, 0.15) is 29.4 Å². The molecule has 0 amide bonds. The molecule has 0 aromatic rings. The molecule has 6 N–H and O–H groups in total. The summed E-state index contributed by atoms with van der Waals surface area (Å²) in [6, 6.07) is 0. The van der Waals surface area contributed by atoms with Crippen molar-refractivity contribution in [3.8, 4) is 0 Å². The second kappa shape index (κ2) is 3.82. The van der Waals surface area contributed by atoms with E-state index in [1.165, 1.54) is 0 Å². The van der Waals surface area contributed by atoms with Crippen molar-refractivity contribution in [1.82, 2.24) is 5.32 Å². The van der Waals surface area contributed by atoms with Crippen LogP contribution in [0, 0.1) is 0 Å². The van der Waals surface area contributed by atoms with Gasteiger partial charge in [0.15, 0.2) is 6.23 Å². The van der Waals surface area contributed by atoms with Gasteiger partial charge in [-0.25, -0.2) is 0 Å². The number of thiocarbonyl (C=S) groups is 1. The average Bonchev–Trinajstić information content (AvgIpc) is 2.15. The summed E-state index contributed by atoms with van der Waals surface area (Å²) in [4.78, 5) is -0.212. The number of rotatable bonds is 0. The Morgan fingerprint density at radius 2 is 1.46 bits per heavy atom. The van der Waals surface area contributed by atoms with Crippen molar-refractivity contribution in [3.05, 3.63) is 0 Å². The minimum atomic E-state index is -1.64. The first-order valence-electron chi connectivity index (χ1n) is 3.66. The molecule has 1 aliphatic heterocycles. The molecule has 7 heteroatoms. The van der Waals surface area contributed by atoms with Crippen LogP contribution in [0.3, 0.4) is 0 Å². The average molecular weight is 209 g/mol. The Balaban J connectivity index is 2.85. The van der Waals surface area contributed by atoms with Gasteiger partial charge in [0.05, 0.1) is 0 Å². The molecule has 0 bridgehead atoms. The summed E-state index contributed by atoms with van der Waals surface area (Å²) in [7, 11) is 0. The summed E-state index contributed by atoms with van der Waals surface area (Å²) >= 11 is 4.57. The predicted molar refractivity (Wildman–Crippen MR) is 45.8 cm³/mol. The first-order valence-corrected chi connectivity index (χ1v) is 4.06. The lowest BCUT2D eigenvalue weighted by Crippen LogP contribution is -2.47. The van der Waals surface area contributed by atoms with E-state index in [4.69, 9.17) is 15.3 Å². The Morgan fingerprint density at radius 1 is 0.923 bits per heavy atom. The van der Waals surface area contributed by atoms with Crippen molar-refractivity contribution < 1.29 is 25.5 Å². The van der Waals surface area contributed by atoms with E-state index in [1.807, 2.05) is 0 Å². The molecule has 13 heavy (non-hydrogen) atoms. The van der Waals surface area contributed by atoms with E-state index in [9.17, 15) is 10.2 Å². The monoisotopic (exact) mass is 209 g/mol. The zero-order valence-electron chi connectivity index (χ0n) is 6.53. The molecule has 0 saturated carbocycles. The fourth-order valence-electron chi connectivity index (χ4n) is 1.05. The Morgan fingerprint density at radius 3 is 2.00 bits per heavy atom. The van der Waals surface area contributed by atoms with Gasteiger partial charge in [0.25, 0.3) is 0 Å². The van der Waals surface area contributed by atoms with Gasteiger partial charge in [-0.15, -0.1) is 0 Å². The van der Waals surface area contributed by atoms with Gasteiger partial charge in [-0.05, 0) is 0 Å². The second-order valence-corrected chi connectivity index (χ2v) is 3.31. The number of hydrogen-bond acceptors (Lipinski definition) is 6. The van der Waals surface area contributed by atoms with Gasteiger partial charge in [-0.3, -0.25) is 0 Å². The van der Waals surface area contributed by atoms with Crippen LogP contribution >= 0.6 is 12.2 Å². The highest BCUT2D eigenvalue weighted by Crippen LogP contribution is 2.12. The minimum absolute atomic E-state index is 0.212. The molecule has 1 aliphatic rings. The number of aliphatic hydroxyl groups excluding tert-OH is 5. The lowest BCUT2D eigenvalue weighted by atomic mass is 10.0. The van der Waals surface area contributed by atoms with Gasteiger partial charge in [0, 0.05) is 0 Å². The zero-order chi connectivity index (χ0) is 10.2. The van der Waals surface area contributed by atoms with Crippen LogP contribution in [0.2, 0.25) is 0 Å². The third kappa shape index (κ3) is 1.96. The van der Waals surface area contributed by atoms with Gasteiger partial charge in [0.2, 0.25) is 0 Å². The van der Waals surface area contributed by atoms with Crippen molar-refractivity contribution in [2.45, 2.75) is 30.6 Å². The van der Waals surface area contributed by atoms with Gasteiger partial charge in [-0.2, -0.15) is 0 Å². The Hall–Kier alpha value is -0.310. The summed E-state index contributed by atoms with van der Waals surface area (Å²) in [5.41, 5.74) is 0. The summed E-state index contributed by atoms with van der Waals surface area (Å²) < 4.78 is 0. The third-order valence-corrected chi connectivity index (χ3v) is 2.26. The largest absolute Gasteiger partial charge is 0.387 e. The van der Waals surface area contributed by atoms with E-state index in [0.29, 0.717) is 0 Å². The molecular weight excluding hydrogens is 198 g/mol. The molecule has 5 atom stereocenters. The molecule has 1 rings (SSSR count). The highest BCUT2D eigenvalue weighted by Gasteiger charge is 2.40. The molecule has 0 aromatic carbocycles. The van der Waals surface area contributed by atoms with E-state index in [-0.39, 0.29) is 4.99 Å².